The van der Waals surface area contributed by atoms with Crippen molar-refractivity contribution < 1.29 is 27.2 Å². The molecular formula is C12H17F3N2O3. The van der Waals surface area contributed by atoms with Crippen molar-refractivity contribution in [3.8, 4) is 0 Å². The van der Waals surface area contributed by atoms with Crippen LogP contribution in [0.3, 0.4) is 0 Å². The molecule has 0 aromatic carbocycles. The molecular weight excluding hydrogens is 277 g/mol. The van der Waals surface area contributed by atoms with Crippen LogP contribution in [0.4, 0.5) is 13.2 Å². The van der Waals surface area contributed by atoms with E-state index in [0.29, 0.717) is 6.61 Å². The number of ether oxygens (including phenoxy) is 1. The molecule has 0 amide bonds. The average Bonchev–Trinajstić information content (AvgIpc) is 2.71. The van der Waals surface area contributed by atoms with Crippen LogP contribution in [-0.4, -0.2) is 28.7 Å². The zero-order chi connectivity index (χ0) is 15.6. The fraction of sp³-hybridized carbons (Fsp3) is 0.750. The third kappa shape index (κ3) is 4.29. The quantitative estimate of drug-likeness (QED) is 0.835. The van der Waals surface area contributed by atoms with E-state index >= 15 is 0 Å². The van der Waals surface area contributed by atoms with Crippen molar-refractivity contribution in [2.24, 2.45) is 5.41 Å². The number of alkyl halides is 3. The SMILES string of the molecule is CCOC(c1noc(CC(=O)C(F)(F)F)n1)C(C)(C)C. The monoisotopic (exact) mass is 294 g/mol. The highest BCUT2D eigenvalue weighted by Gasteiger charge is 2.39. The first kappa shape index (κ1) is 16.6. The number of halogens is 3. The number of hydrogen-bond donors (Lipinski definition) is 0. The predicted molar refractivity (Wildman–Crippen MR) is 62.9 cm³/mol. The number of Topliss-reactive ketones (excluding diaryl/α,β-unsaturated/α-hetero) is 1. The normalized spacial score (nSPS) is 14.3. The Morgan fingerprint density at radius 2 is 1.95 bits per heavy atom. The predicted octanol–water partition coefficient (Wildman–Crippen LogP) is 2.87. The van der Waals surface area contributed by atoms with E-state index in [1.54, 1.807) is 6.92 Å². The molecule has 1 heterocycles. The van der Waals surface area contributed by atoms with Crippen LogP contribution in [0.2, 0.25) is 0 Å². The Morgan fingerprint density at radius 3 is 2.40 bits per heavy atom. The van der Waals surface area contributed by atoms with Gasteiger partial charge >= 0.3 is 6.18 Å². The lowest BCUT2D eigenvalue weighted by Crippen LogP contribution is -2.25. The molecule has 0 radical (unpaired) electrons. The topological polar surface area (TPSA) is 65.2 Å². The molecule has 0 aliphatic carbocycles. The van der Waals surface area contributed by atoms with Crippen LogP contribution in [0.5, 0.6) is 0 Å². The van der Waals surface area contributed by atoms with Crippen molar-refractivity contribution in [3.05, 3.63) is 11.7 Å². The zero-order valence-electron chi connectivity index (χ0n) is 11.7. The summed E-state index contributed by atoms with van der Waals surface area (Å²) in [7, 11) is 0. The van der Waals surface area contributed by atoms with Gasteiger partial charge in [0, 0.05) is 6.61 Å². The standard InChI is InChI=1S/C12H17F3N2O3/c1-5-19-9(11(2,3)4)10-16-8(20-17-10)6-7(18)12(13,14)15/h9H,5-6H2,1-4H3. The number of aromatic nitrogens is 2. The first-order chi connectivity index (χ1) is 9.05. The van der Waals surface area contributed by atoms with Gasteiger partial charge in [-0.2, -0.15) is 18.2 Å². The fourth-order valence-corrected chi connectivity index (χ4v) is 1.56. The van der Waals surface area contributed by atoms with Crippen molar-refractivity contribution in [2.75, 3.05) is 6.61 Å². The highest BCUT2D eigenvalue weighted by atomic mass is 19.4. The Balaban J connectivity index is 2.88. The van der Waals surface area contributed by atoms with Crippen LogP contribution < -0.4 is 0 Å². The van der Waals surface area contributed by atoms with Crippen molar-refractivity contribution in [1.82, 2.24) is 10.1 Å². The minimum Gasteiger partial charge on any atom is -0.370 e. The van der Waals surface area contributed by atoms with Gasteiger partial charge in [0.05, 0.1) is 6.42 Å². The van der Waals surface area contributed by atoms with Gasteiger partial charge in [-0.15, -0.1) is 0 Å². The van der Waals surface area contributed by atoms with Crippen LogP contribution in [0.25, 0.3) is 0 Å². The maximum absolute atomic E-state index is 12.1. The van der Waals surface area contributed by atoms with Crippen LogP contribution in [0.1, 0.15) is 45.5 Å². The summed E-state index contributed by atoms with van der Waals surface area (Å²) in [4.78, 5) is 14.7. The molecule has 1 aromatic heterocycles. The molecule has 0 bridgehead atoms. The molecule has 0 N–H and O–H groups in total. The van der Waals surface area contributed by atoms with Gasteiger partial charge < -0.3 is 9.26 Å². The zero-order valence-corrected chi connectivity index (χ0v) is 11.7. The number of rotatable bonds is 5. The molecule has 114 valence electrons. The first-order valence-electron chi connectivity index (χ1n) is 6.09. The number of nitrogens with zero attached hydrogens (tertiary/aromatic N) is 2. The molecule has 5 nitrogen and oxygen atoms in total. The van der Waals surface area contributed by atoms with Crippen molar-refractivity contribution in [2.45, 2.75) is 46.4 Å². The minimum atomic E-state index is -4.90. The second-order valence-corrected chi connectivity index (χ2v) is 5.35. The fourth-order valence-electron chi connectivity index (χ4n) is 1.56. The molecule has 0 fully saturated rings. The van der Waals surface area contributed by atoms with E-state index < -0.39 is 24.5 Å². The number of carbonyl (C=O) groups is 1. The highest BCUT2D eigenvalue weighted by molar-refractivity contribution is 5.85. The van der Waals surface area contributed by atoms with Crippen LogP contribution in [-0.2, 0) is 16.0 Å². The van der Waals surface area contributed by atoms with E-state index in [1.165, 1.54) is 0 Å². The van der Waals surface area contributed by atoms with Gasteiger partial charge in [-0.25, -0.2) is 0 Å². The van der Waals surface area contributed by atoms with E-state index in [1.807, 2.05) is 20.8 Å². The van der Waals surface area contributed by atoms with Gasteiger partial charge in [0.2, 0.25) is 17.5 Å². The summed E-state index contributed by atoms with van der Waals surface area (Å²) >= 11 is 0. The lowest BCUT2D eigenvalue weighted by atomic mass is 9.88. The Hall–Kier alpha value is -1.44. The van der Waals surface area contributed by atoms with E-state index in [-0.39, 0.29) is 17.1 Å². The van der Waals surface area contributed by atoms with Gasteiger partial charge in [-0.05, 0) is 12.3 Å². The Labute approximate surface area is 114 Å². The Kier molecular flexibility index (Phi) is 4.90. The van der Waals surface area contributed by atoms with E-state index in [9.17, 15) is 18.0 Å². The average molecular weight is 294 g/mol. The largest absolute Gasteiger partial charge is 0.450 e. The molecule has 20 heavy (non-hydrogen) atoms. The third-order valence-corrected chi connectivity index (χ3v) is 2.47. The van der Waals surface area contributed by atoms with Crippen LogP contribution >= 0.6 is 0 Å². The maximum atomic E-state index is 12.1. The van der Waals surface area contributed by atoms with E-state index in [4.69, 9.17) is 9.26 Å². The summed E-state index contributed by atoms with van der Waals surface area (Å²) in [5.41, 5.74) is -0.356. The summed E-state index contributed by atoms with van der Waals surface area (Å²) < 4.78 is 46.6. The lowest BCUT2D eigenvalue weighted by molar-refractivity contribution is -0.170. The summed E-state index contributed by atoms with van der Waals surface area (Å²) in [6, 6.07) is 0. The molecule has 0 saturated heterocycles. The molecule has 0 saturated carbocycles. The summed E-state index contributed by atoms with van der Waals surface area (Å²) in [5.74, 6) is -2.14. The van der Waals surface area contributed by atoms with Crippen molar-refractivity contribution >= 4 is 5.78 Å². The second-order valence-electron chi connectivity index (χ2n) is 5.35. The molecule has 1 unspecified atom stereocenters. The number of carbonyl (C=O) groups excluding carboxylic acids is 1. The van der Waals surface area contributed by atoms with Gasteiger partial charge in [-0.1, -0.05) is 25.9 Å². The Morgan fingerprint density at radius 1 is 1.35 bits per heavy atom. The molecule has 0 aliphatic heterocycles. The lowest BCUT2D eigenvalue weighted by Gasteiger charge is -2.27. The number of hydrogen-bond acceptors (Lipinski definition) is 5. The maximum Gasteiger partial charge on any atom is 0.450 e. The number of ketones is 1. The summed E-state index contributed by atoms with van der Waals surface area (Å²) in [5, 5.41) is 3.61. The molecule has 0 aliphatic rings. The van der Waals surface area contributed by atoms with Gasteiger partial charge in [-0.3, -0.25) is 4.79 Å². The third-order valence-electron chi connectivity index (χ3n) is 2.47. The molecule has 1 atom stereocenters. The minimum absolute atomic E-state index is 0.143. The Bertz CT molecular complexity index is 463. The van der Waals surface area contributed by atoms with Gasteiger partial charge in [0.15, 0.2) is 0 Å². The van der Waals surface area contributed by atoms with Crippen molar-refractivity contribution in [3.63, 3.8) is 0 Å². The van der Waals surface area contributed by atoms with E-state index in [0.717, 1.165) is 0 Å². The molecule has 0 spiro atoms. The first-order valence-corrected chi connectivity index (χ1v) is 6.09. The summed E-state index contributed by atoms with van der Waals surface area (Å²) in [6.45, 7) is 7.82. The second kappa shape index (κ2) is 5.90. The molecule has 8 heteroatoms. The highest BCUT2D eigenvalue weighted by Crippen LogP contribution is 2.34. The van der Waals surface area contributed by atoms with Gasteiger partial charge in [0.25, 0.3) is 0 Å². The molecule has 1 rings (SSSR count). The van der Waals surface area contributed by atoms with Gasteiger partial charge in [0.1, 0.15) is 6.10 Å². The molecule has 1 aromatic rings. The van der Waals surface area contributed by atoms with E-state index in [2.05, 4.69) is 10.1 Å². The smallest absolute Gasteiger partial charge is 0.370 e. The van der Waals surface area contributed by atoms with Crippen LogP contribution in [0, 0.1) is 5.41 Å². The van der Waals surface area contributed by atoms with Crippen molar-refractivity contribution in [1.29, 1.82) is 0 Å². The summed E-state index contributed by atoms with van der Waals surface area (Å²) in [6.07, 6.45) is -6.39. The van der Waals surface area contributed by atoms with Crippen LogP contribution in [0.15, 0.2) is 4.52 Å².